The summed E-state index contributed by atoms with van der Waals surface area (Å²) in [6, 6.07) is 6.83. The van der Waals surface area contributed by atoms with Crippen molar-refractivity contribution in [3.63, 3.8) is 0 Å². The first-order valence-corrected chi connectivity index (χ1v) is 7.35. The Labute approximate surface area is 129 Å². The first-order chi connectivity index (χ1) is 10.3. The molecule has 0 aliphatic carbocycles. The number of hydrogen-bond donors (Lipinski definition) is 2. The van der Waals surface area contributed by atoms with E-state index in [0.717, 1.165) is 0 Å². The molecule has 0 fully saturated rings. The second-order valence-electron chi connectivity index (χ2n) is 5.99. The maximum Gasteiger partial charge on any atom is 0.261 e. The van der Waals surface area contributed by atoms with Crippen LogP contribution in [0.2, 0.25) is 0 Å². The smallest absolute Gasteiger partial charge is 0.261 e. The lowest BCUT2D eigenvalue weighted by Crippen LogP contribution is -2.49. The monoisotopic (exact) mass is 303 g/mol. The predicted molar refractivity (Wildman–Crippen MR) is 82.3 cm³/mol. The number of rotatable bonds is 6. The van der Waals surface area contributed by atoms with Gasteiger partial charge in [0.1, 0.15) is 0 Å². The van der Waals surface area contributed by atoms with Crippen molar-refractivity contribution in [1.29, 1.82) is 0 Å². The zero-order valence-corrected chi connectivity index (χ0v) is 12.9. The highest BCUT2D eigenvalue weighted by molar-refractivity contribution is 6.21. The molecule has 1 aliphatic rings. The van der Waals surface area contributed by atoms with Gasteiger partial charge in [-0.05, 0) is 38.8 Å². The number of hydrogen-bond acceptors (Lipinski definition) is 4. The van der Waals surface area contributed by atoms with Crippen LogP contribution in [0, 0.1) is 0 Å². The van der Waals surface area contributed by atoms with Crippen molar-refractivity contribution in [3.05, 3.63) is 35.4 Å². The minimum atomic E-state index is -0.900. The lowest BCUT2D eigenvalue weighted by molar-refractivity contribution is -0.125. The van der Waals surface area contributed by atoms with E-state index in [1.807, 2.05) is 0 Å². The number of carbonyl (C=O) groups is 3. The number of amides is 3. The number of carbonyl (C=O) groups excluding carboxylic acids is 3. The van der Waals surface area contributed by atoms with Crippen molar-refractivity contribution >= 4 is 17.7 Å². The van der Waals surface area contributed by atoms with E-state index in [9.17, 15) is 14.4 Å². The Morgan fingerprint density at radius 1 is 1.14 bits per heavy atom. The Kier molecular flexibility index (Phi) is 4.61. The molecule has 118 valence electrons. The third-order valence-corrected chi connectivity index (χ3v) is 3.56. The molecule has 22 heavy (non-hydrogen) atoms. The number of benzene rings is 1. The summed E-state index contributed by atoms with van der Waals surface area (Å²) >= 11 is 0. The van der Waals surface area contributed by atoms with Crippen LogP contribution in [0.4, 0.5) is 0 Å². The van der Waals surface area contributed by atoms with E-state index in [1.54, 1.807) is 38.1 Å². The summed E-state index contributed by atoms with van der Waals surface area (Å²) in [7, 11) is 0. The predicted octanol–water partition coefficient (Wildman–Crippen LogP) is 0.916. The van der Waals surface area contributed by atoms with Gasteiger partial charge in [-0.1, -0.05) is 12.1 Å². The van der Waals surface area contributed by atoms with Crippen LogP contribution in [0.5, 0.6) is 0 Å². The number of fused-ring (bicyclic) bond motifs is 1. The van der Waals surface area contributed by atoms with Crippen molar-refractivity contribution in [2.24, 2.45) is 5.73 Å². The van der Waals surface area contributed by atoms with Gasteiger partial charge in [0.2, 0.25) is 5.91 Å². The summed E-state index contributed by atoms with van der Waals surface area (Å²) < 4.78 is 0. The van der Waals surface area contributed by atoms with E-state index in [2.05, 4.69) is 5.32 Å². The van der Waals surface area contributed by atoms with E-state index >= 15 is 0 Å². The SMILES string of the molecule is CC(C)(N)C(=O)NCCCCN1C(=O)c2ccccc2C1=O. The highest BCUT2D eigenvalue weighted by Crippen LogP contribution is 2.22. The van der Waals surface area contributed by atoms with Gasteiger partial charge in [0.25, 0.3) is 11.8 Å². The van der Waals surface area contributed by atoms with E-state index in [1.165, 1.54) is 4.90 Å². The second kappa shape index (κ2) is 6.27. The van der Waals surface area contributed by atoms with Gasteiger partial charge in [-0.15, -0.1) is 0 Å². The Balaban J connectivity index is 1.79. The fourth-order valence-corrected chi connectivity index (χ4v) is 2.27. The minimum Gasteiger partial charge on any atom is -0.355 e. The topological polar surface area (TPSA) is 92.5 Å². The normalized spacial score (nSPS) is 14.2. The molecule has 3 N–H and O–H groups in total. The molecular formula is C16H21N3O3. The zero-order valence-electron chi connectivity index (χ0n) is 12.9. The molecule has 1 aromatic carbocycles. The summed E-state index contributed by atoms with van der Waals surface area (Å²) in [5, 5.41) is 2.74. The number of imide groups is 1. The number of unbranched alkanes of at least 4 members (excludes halogenated alkanes) is 1. The van der Waals surface area contributed by atoms with Crippen molar-refractivity contribution in [2.45, 2.75) is 32.2 Å². The van der Waals surface area contributed by atoms with Crippen molar-refractivity contribution in [2.75, 3.05) is 13.1 Å². The van der Waals surface area contributed by atoms with Gasteiger partial charge in [0.05, 0.1) is 16.7 Å². The number of nitrogens with zero attached hydrogens (tertiary/aromatic N) is 1. The van der Waals surface area contributed by atoms with Crippen LogP contribution in [0.15, 0.2) is 24.3 Å². The summed E-state index contributed by atoms with van der Waals surface area (Å²) in [5.74, 6) is -0.700. The largest absolute Gasteiger partial charge is 0.355 e. The third kappa shape index (κ3) is 3.33. The molecule has 6 nitrogen and oxygen atoms in total. The Morgan fingerprint density at radius 2 is 1.68 bits per heavy atom. The molecular weight excluding hydrogens is 282 g/mol. The lowest BCUT2D eigenvalue weighted by Gasteiger charge is -2.18. The Morgan fingerprint density at radius 3 is 2.18 bits per heavy atom. The van der Waals surface area contributed by atoms with Crippen LogP contribution >= 0.6 is 0 Å². The molecule has 1 heterocycles. The van der Waals surface area contributed by atoms with Gasteiger partial charge in [-0.3, -0.25) is 19.3 Å². The average Bonchev–Trinajstić information content (AvgIpc) is 2.71. The molecule has 0 aromatic heterocycles. The molecule has 0 bridgehead atoms. The summed E-state index contributed by atoms with van der Waals surface area (Å²) in [6.07, 6.45) is 1.31. The first kappa shape index (κ1) is 16.2. The van der Waals surface area contributed by atoms with E-state index in [4.69, 9.17) is 5.73 Å². The molecule has 3 amide bonds. The second-order valence-corrected chi connectivity index (χ2v) is 5.99. The minimum absolute atomic E-state index is 0.215. The molecule has 1 aliphatic heterocycles. The first-order valence-electron chi connectivity index (χ1n) is 7.35. The summed E-state index contributed by atoms with van der Waals surface area (Å²) in [4.78, 5) is 37.1. The lowest BCUT2D eigenvalue weighted by atomic mass is 10.1. The quantitative estimate of drug-likeness (QED) is 0.603. The molecule has 2 rings (SSSR count). The van der Waals surface area contributed by atoms with Gasteiger partial charge in [-0.25, -0.2) is 0 Å². The molecule has 0 spiro atoms. The van der Waals surface area contributed by atoms with Crippen LogP contribution in [0.1, 0.15) is 47.4 Å². The molecule has 1 aromatic rings. The molecule has 0 atom stereocenters. The van der Waals surface area contributed by atoms with Crippen LogP contribution in [0.3, 0.4) is 0 Å². The van der Waals surface area contributed by atoms with Crippen LogP contribution in [-0.4, -0.2) is 41.2 Å². The van der Waals surface area contributed by atoms with Crippen molar-refractivity contribution in [3.8, 4) is 0 Å². The number of nitrogens with one attached hydrogen (secondary N) is 1. The van der Waals surface area contributed by atoms with E-state index < -0.39 is 5.54 Å². The standard InChI is InChI=1S/C16H21N3O3/c1-16(2,17)15(22)18-9-5-6-10-19-13(20)11-7-3-4-8-12(11)14(19)21/h3-4,7-8H,5-6,9-10,17H2,1-2H3,(H,18,22). The zero-order chi connectivity index (χ0) is 16.3. The fraction of sp³-hybridized carbons (Fsp3) is 0.438. The molecule has 0 unspecified atom stereocenters. The Hall–Kier alpha value is -2.21. The van der Waals surface area contributed by atoms with Crippen LogP contribution < -0.4 is 11.1 Å². The van der Waals surface area contributed by atoms with E-state index in [0.29, 0.717) is 37.1 Å². The van der Waals surface area contributed by atoms with Crippen molar-refractivity contribution in [1.82, 2.24) is 10.2 Å². The van der Waals surface area contributed by atoms with Gasteiger partial charge in [0.15, 0.2) is 0 Å². The van der Waals surface area contributed by atoms with Crippen molar-refractivity contribution < 1.29 is 14.4 Å². The van der Waals surface area contributed by atoms with E-state index in [-0.39, 0.29) is 17.7 Å². The van der Waals surface area contributed by atoms with Crippen LogP contribution in [0.25, 0.3) is 0 Å². The van der Waals surface area contributed by atoms with Gasteiger partial charge < -0.3 is 11.1 Å². The maximum absolute atomic E-state index is 12.1. The molecule has 0 radical (unpaired) electrons. The fourth-order valence-electron chi connectivity index (χ4n) is 2.27. The Bertz CT molecular complexity index is 570. The molecule has 0 saturated carbocycles. The number of nitrogens with two attached hydrogens (primary N) is 1. The van der Waals surface area contributed by atoms with Gasteiger partial charge in [0, 0.05) is 13.1 Å². The maximum atomic E-state index is 12.1. The summed E-state index contributed by atoms with van der Waals surface area (Å²) in [6.45, 7) is 4.11. The van der Waals surface area contributed by atoms with Crippen LogP contribution in [-0.2, 0) is 4.79 Å². The molecule has 0 saturated heterocycles. The third-order valence-electron chi connectivity index (χ3n) is 3.56. The van der Waals surface area contributed by atoms with Gasteiger partial charge in [-0.2, -0.15) is 0 Å². The van der Waals surface area contributed by atoms with Gasteiger partial charge >= 0.3 is 0 Å². The average molecular weight is 303 g/mol. The highest BCUT2D eigenvalue weighted by atomic mass is 16.2. The molecule has 6 heteroatoms. The summed E-state index contributed by atoms with van der Waals surface area (Å²) in [5.41, 5.74) is 5.70. The highest BCUT2D eigenvalue weighted by Gasteiger charge is 2.34.